The van der Waals surface area contributed by atoms with Crippen LogP contribution in [-0.2, 0) is 29.6 Å². The number of hydrogen-bond donors (Lipinski definition) is 5. The lowest BCUT2D eigenvalue weighted by Crippen LogP contribution is -2.54. The third kappa shape index (κ3) is 6.00. The molecule has 0 fully saturated rings. The molecule has 2 amide bonds. The summed E-state index contributed by atoms with van der Waals surface area (Å²) in [5.74, 6) is -3.40. The van der Waals surface area contributed by atoms with Crippen molar-refractivity contribution in [2.24, 2.45) is 5.73 Å². The number of cyclic esters (lactones) is 1. The minimum absolute atomic E-state index is 0.0489. The summed E-state index contributed by atoms with van der Waals surface area (Å²) < 4.78 is 9.85. The van der Waals surface area contributed by atoms with E-state index in [1.165, 1.54) is 7.11 Å². The molecule has 0 aromatic heterocycles. The van der Waals surface area contributed by atoms with Gasteiger partial charge in [0.05, 0.1) is 12.7 Å². The highest BCUT2D eigenvalue weighted by Crippen LogP contribution is 2.31. The number of nitrogens with two attached hydrogens (primary N) is 1. The average molecular weight is 441 g/mol. The van der Waals surface area contributed by atoms with Gasteiger partial charge in [-0.15, -0.1) is 0 Å². The fourth-order valence-electron chi connectivity index (χ4n) is 2.65. The van der Waals surface area contributed by atoms with Crippen molar-refractivity contribution in [3.05, 3.63) is 23.3 Å². The van der Waals surface area contributed by atoms with Crippen LogP contribution in [0.2, 0.25) is 0 Å². The largest absolute Gasteiger partial charge is 0.508 e. The van der Waals surface area contributed by atoms with Crippen molar-refractivity contribution >= 4 is 35.5 Å². The third-order valence-corrected chi connectivity index (χ3v) is 5.23. The van der Waals surface area contributed by atoms with E-state index >= 15 is 0 Å². The topological polar surface area (TPSA) is 177 Å². The summed E-state index contributed by atoms with van der Waals surface area (Å²) in [5.41, 5.74) is 5.44. The molecule has 1 aromatic rings. The van der Waals surface area contributed by atoms with Crippen molar-refractivity contribution in [2.75, 3.05) is 26.0 Å². The molecule has 6 N–H and O–H groups in total. The lowest BCUT2D eigenvalue weighted by molar-refractivity contribution is -0.144. The van der Waals surface area contributed by atoms with E-state index < -0.39 is 42.4 Å². The number of fused-ring (bicyclic) bond motifs is 1. The standard InChI is InChI=1S/C18H23N3O8S/c1-28-18(27)13-8-30-7-11-10(4-9(22)5-14(11)23)17(26)29-6-12(16(25)21-13)20-15(24)2-3-19/h4-5,12-13,22-23H,2-3,6-8,19H2,1H3,(H,20,24)(H,21,25)/t12-,13-/m0/s1. The Morgan fingerprint density at radius 3 is 2.77 bits per heavy atom. The molecule has 0 saturated heterocycles. The Morgan fingerprint density at radius 1 is 1.37 bits per heavy atom. The van der Waals surface area contributed by atoms with Gasteiger partial charge in [-0.1, -0.05) is 0 Å². The lowest BCUT2D eigenvalue weighted by atomic mass is 10.1. The molecule has 1 heterocycles. The molecule has 30 heavy (non-hydrogen) atoms. The summed E-state index contributed by atoms with van der Waals surface area (Å²) in [7, 11) is 1.17. The fraction of sp³-hybridized carbons (Fsp3) is 0.444. The number of ether oxygens (including phenoxy) is 2. The number of phenolic OH excluding ortho intramolecular Hbond substituents is 2. The van der Waals surface area contributed by atoms with Gasteiger partial charge in [0.1, 0.15) is 30.2 Å². The van der Waals surface area contributed by atoms with Crippen LogP contribution in [0.25, 0.3) is 0 Å². The SMILES string of the molecule is COC(=O)[C@@H]1CSCc2c(O)cc(O)cc2C(=O)OC[C@H](NC(=O)CCN)C(=O)N1. The number of aromatic hydroxyl groups is 2. The van der Waals surface area contributed by atoms with Crippen molar-refractivity contribution in [3.8, 4) is 11.5 Å². The molecule has 11 nitrogen and oxygen atoms in total. The zero-order valence-electron chi connectivity index (χ0n) is 16.2. The number of hydrogen-bond acceptors (Lipinski definition) is 10. The van der Waals surface area contributed by atoms with Crippen LogP contribution >= 0.6 is 11.8 Å². The van der Waals surface area contributed by atoms with Crippen LogP contribution in [0.15, 0.2) is 12.1 Å². The molecule has 2 rings (SSSR count). The van der Waals surface area contributed by atoms with Crippen LogP contribution in [-0.4, -0.2) is 72.1 Å². The number of amides is 2. The van der Waals surface area contributed by atoms with E-state index in [2.05, 4.69) is 10.6 Å². The molecule has 0 aliphatic carbocycles. The Balaban J connectivity index is 2.37. The van der Waals surface area contributed by atoms with Gasteiger partial charge in [-0.2, -0.15) is 11.8 Å². The first-order chi connectivity index (χ1) is 14.3. The summed E-state index contributed by atoms with van der Waals surface area (Å²) in [5, 5.41) is 24.7. The quantitative estimate of drug-likeness (QED) is 0.364. The number of methoxy groups -OCH3 is 1. The average Bonchev–Trinajstić information content (AvgIpc) is 2.69. The molecule has 12 heteroatoms. The Labute approximate surface area is 176 Å². The first kappa shape index (κ1) is 23.3. The normalized spacial score (nSPS) is 19.9. The third-order valence-electron chi connectivity index (χ3n) is 4.17. The maximum atomic E-state index is 12.6. The van der Waals surface area contributed by atoms with Gasteiger partial charge in [0.15, 0.2) is 0 Å². The summed E-state index contributed by atoms with van der Waals surface area (Å²) >= 11 is 1.14. The number of rotatable bonds is 4. The summed E-state index contributed by atoms with van der Waals surface area (Å²) in [4.78, 5) is 49.1. The maximum Gasteiger partial charge on any atom is 0.338 e. The molecule has 0 radical (unpaired) electrons. The van der Waals surface area contributed by atoms with E-state index in [0.717, 1.165) is 23.9 Å². The van der Waals surface area contributed by atoms with E-state index in [1.54, 1.807) is 0 Å². The first-order valence-electron chi connectivity index (χ1n) is 8.94. The van der Waals surface area contributed by atoms with Crippen LogP contribution in [0.1, 0.15) is 22.3 Å². The molecule has 0 saturated carbocycles. The van der Waals surface area contributed by atoms with E-state index in [0.29, 0.717) is 0 Å². The second kappa shape index (κ2) is 10.7. The number of benzene rings is 1. The predicted octanol–water partition coefficient (Wildman–Crippen LogP) is -1.01. The highest BCUT2D eigenvalue weighted by molar-refractivity contribution is 7.98. The zero-order chi connectivity index (χ0) is 22.3. The van der Waals surface area contributed by atoms with Crippen molar-refractivity contribution in [2.45, 2.75) is 24.3 Å². The second-order valence-electron chi connectivity index (χ2n) is 6.35. The Morgan fingerprint density at radius 2 is 2.10 bits per heavy atom. The molecule has 164 valence electrons. The fourth-order valence-corrected chi connectivity index (χ4v) is 3.74. The summed E-state index contributed by atoms with van der Waals surface area (Å²) in [6.45, 7) is -0.495. The van der Waals surface area contributed by atoms with Gasteiger partial charge in [0.2, 0.25) is 11.8 Å². The number of carbonyl (C=O) groups is 4. The lowest BCUT2D eigenvalue weighted by Gasteiger charge is -2.23. The van der Waals surface area contributed by atoms with Crippen LogP contribution in [0.3, 0.4) is 0 Å². The van der Waals surface area contributed by atoms with Gasteiger partial charge in [0, 0.05) is 36.1 Å². The summed E-state index contributed by atoms with van der Waals surface area (Å²) in [6.07, 6.45) is -0.0570. The number of phenols is 2. The van der Waals surface area contributed by atoms with Crippen LogP contribution in [0.5, 0.6) is 11.5 Å². The molecular weight excluding hydrogens is 418 g/mol. The molecule has 0 unspecified atom stereocenters. The molecule has 1 aliphatic rings. The predicted molar refractivity (Wildman–Crippen MR) is 106 cm³/mol. The van der Waals surface area contributed by atoms with Crippen LogP contribution in [0, 0.1) is 0 Å². The van der Waals surface area contributed by atoms with Crippen LogP contribution < -0.4 is 16.4 Å². The molecule has 1 aromatic carbocycles. The minimum atomic E-state index is -1.29. The van der Waals surface area contributed by atoms with Crippen molar-refractivity contribution in [3.63, 3.8) is 0 Å². The van der Waals surface area contributed by atoms with Gasteiger partial charge in [-0.05, 0) is 6.07 Å². The monoisotopic (exact) mass is 441 g/mol. The van der Waals surface area contributed by atoms with Gasteiger partial charge in [-0.3, -0.25) is 9.59 Å². The van der Waals surface area contributed by atoms with Gasteiger partial charge in [0.25, 0.3) is 0 Å². The Kier molecular flexibility index (Phi) is 8.30. The maximum absolute atomic E-state index is 12.6. The molecule has 0 spiro atoms. The van der Waals surface area contributed by atoms with Crippen molar-refractivity contribution < 1.29 is 38.9 Å². The van der Waals surface area contributed by atoms with Gasteiger partial charge in [-0.25, -0.2) is 9.59 Å². The smallest absolute Gasteiger partial charge is 0.338 e. The van der Waals surface area contributed by atoms with E-state index in [-0.39, 0.29) is 47.1 Å². The zero-order valence-corrected chi connectivity index (χ0v) is 17.0. The molecule has 2 atom stereocenters. The number of carbonyl (C=O) groups excluding carboxylic acids is 4. The second-order valence-corrected chi connectivity index (χ2v) is 7.38. The van der Waals surface area contributed by atoms with Crippen LogP contribution in [0.4, 0.5) is 0 Å². The Bertz CT molecular complexity index is 832. The van der Waals surface area contributed by atoms with Gasteiger partial charge >= 0.3 is 11.9 Å². The summed E-state index contributed by atoms with van der Waals surface area (Å²) in [6, 6.07) is -0.129. The van der Waals surface area contributed by atoms with Crippen molar-refractivity contribution in [1.29, 1.82) is 0 Å². The highest BCUT2D eigenvalue weighted by atomic mass is 32.2. The van der Waals surface area contributed by atoms with E-state index in [1.807, 2.05) is 0 Å². The van der Waals surface area contributed by atoms with Gasteiger partial charge < -0.3 is 36.1 Å². The minimum Gasteiger partial charge on any atom is -0.508 e. The number of thioether (sulfide) groups is 1. The number of esters is 2. The van der Waals surface area contributed by atoms with E-state index in [4.69, 9.17) is 15.2 Å². The molecule has 0 bridgehead atoms. The molecule has 1 aliphatic heterocycles. The van der Waals surface area contributed by atoms with E-state index in [9.17, 15) is 29.4 Å². The molecular formula is C18H23N3O8S. The number of nitrogens with one attached hydrogen (secondary N) is 2. The first-order valence-corrected chi connectivity index (χ1v) is 10.1. The highest BCUT2D eigenvalue weighted by Gasteiger charge is 2.30. The Hall–Kier alpha value is -2.99. The van der Waals surface area contributed by atoms with Crippen molar-refractivity contribution in [1.82, 2.24) is 10.6 Å².